The number of piperidine rings is 1. The summed E-state index contributed by atoms with van der Waals surface area (Å²) in [7, 11) is 1.68. The van der Waals surface area contributed by atoms with Crippen molar-refractivity contribution >= 4 is 28.8 Å². The molecule has 0 aliphatic carbocycles. The molecule has 3 rings (SSSR count). The van der Waals surface area contributed by atoms with E-state index in [1.807, 2.05) is 33.2 Å². The highest BCUT2D eigenvalue weighted by Crippen LogP contribution is 2.28. The average molecular weight is 433 g/mol. The topological polar surface area (TPSA) is 93.5 Å². The number of fused-ring (bicyclic) bond motifs is 1. The van der Waals surface area contributed by atoms with Crippen LogP contribution >= 0.6 is 0 Å². The number of imidazole rings is 1. The van der Waals surface area contributed by atoms with E-state index in [2.05, 4.69) is 34.0 Å². The molecule has 1 amide bonds. The van der Waals surface area contributed by atoms with Gasteiger partial charge in [-0.2, -0.15) is 0 Å². The van der Waals surface area contributed by atoms with E-state index in [4.69, 9.17) is 14.5 Å². The van der Waals surface area contributed by atoms with Crippen molar-refractivity contribution in [2.45, 2.75) is 65.1 Å². The van der Waals surface area contributed by atoms with E-state index < -0.39 is 5.60 Å². The number of methoxy groups -OCH3 is 1. The smallest absolute Gasteiger partial charge is 0.410 e. The third kappa shape index (κ3) is 6.00. The third-order valence-electron chi connectivity index (χ3n) is 5.21. The van der Waals surface area contributed by atoms with Gasteiger partial charge in [-0.05, 0) is 47.5 Å². The number of rotatable bonds is 7. The molecule has 31 heavy (non-hydrogen) atoms. The maximum atomic E-state index is 12.3. The van der Waals surface area contributed by atoms with E-state index in [0.717, 1.165) is 35.5 Å². The summed E-state index contributed by atoms with van der Waals surface area (Å²) < 4.78 is 12.7. The second-order valence-electron chi connectivity index (χ2n) is 9.28. The number of anilines is 2. The number of nitrogens with one attached hydrogen (secondary N) is 2. The van der Waals surface area contributed by atoms with Crippen molar-refractivity contribution in [2.75, 3.05) is 44.0 Å². The molecular formula is C22H36N6O3. The monoisotopic (exact) mass is 432 g/mol. The molecule has 2 N–H and O–H groups in total. The van der Waals surface area contributed by atoms with Crippen molar-refractivity contribution < 1.29 is 14.3 Å². The number of hydrogen-bond donors (Lipinski definition) is 2. The lowest BCUT2D eigenvalue weighted by molar-refractivity contribution is 0.0210. The molecule has 0 saturated carbocycles. The lowest BCUT2D eigenvalue weighted by Gasteiger charge is -2.34. The quantitative estimate of drug-likeness (QED) is 0.641. The maximum Gasteiger partial charge on any atom is 0.410 e. The van der Waals surface area contributed by atoms with Gasteiger partial charge in [-0.25, -0.2) is 14.8 Å². The standard InChI is InChI=1S/C22H36N6O3/c1-15(2)28-14-24-19-17(13-18(26-20(19)28)23-9-12-30-6)25-16-7-10-27(11-8-16)21(29)31-22(3,4)5/h13-16H,7-12H2,1-6H3,(H2,23,25,26). The summed E-state index contributed by atoms with van der Waals surface area (Å²) in [6.07, 6.45) is 3.30. The van der Waals surface area contributed by atoms with Crippen LogP contribution in [0.4, 0.5) is 16.3 Å². The van der Waals surface area contributed by atoms with Gasteiger partial charge in [0.1, 0.15) is 16.9 Å². The first-order chi connectivity index (χ1) is 14.7. The second kappa shape index (κ2) is 9.72. The van der Waals surface area contributed by atoms with Crippen LogP contribution in [0.1, 0.15) is 53.5 Å². The summed E-state index contributed by atoms with van der Waals surface area (Å²) in [6, 6.07) is 2.52. The molecule has 9 heteroatoms. The molecule has 1 aliphatic heterocycles. The van der Waals surface area contributed by atoms with Crippen LogP contribution in [0.2, 0.25) is 0 Å². The number of amides is 1. The molecule has 0 spiro atoms. The summed E-state index contributed by atoms with van der Waals surface area (Å²) in [4.78, 5) is 23.5. The predicted molar refractivity (Wildman–Crippen MR) is 123 cm³/mol. The molecule has 0 unspecified atom stereocenters. The van der Waals surface area contributed by atoms with Gasteiger partial charge in [0.2, 0.25) is 0 Å². The zero-order valence-electron chi connectivity index (χ0n) is 19.6. The molecular weight excluding hydrogens is 396 g/mol. The van der Waals surface area contributed by atoms with E-state index in [9.17, 15) is 4.79 Å². The number of aromatic nitrogens is 3. The van der Waals surface area contributed by atoms with E-state index in [-0.39, 0.29) is 18.2 Å². The maximum absolute atomic E-state index is 12.3. The fourth-order valence-corrected chi connectivity index (χ4v) is 3.62. The summed E-state index contributed by atoms with van der Waals surface area (Å²) in [5.41, 5.74) is 2.20. The predicted octanol–water partition coefficient (Wildman–Crippen LogP) is 3.88. The molecule has 172 valence electrons. The number of hydrogen-bond acceptors (Lipinski definition) is 7. The van der Waals surface area contributed by atoms with Gasteiger partial charge < -0.3 is 29.6 Å². The minimum absolute atomic E-state index is 0.238. The van der Waals surface area contributed by atoms with Gasteiger partial charge in [0.25, 0.3) is 0 Å². The molecule has 0 aromatic carbocycles. The SMILES string of the molecule is COCCNc1cc(NC2CCN(C(=O)OC(C)(C)C)CC2)c2ncn(C(C)C)c2n1. The normalized spacial score (nSPS) is 15.5. The highest BCUT2D eigenvalue weighted by atomic mass is 16.6. The van der Waals surface area contributed by atoms with Gasteiger partial charge in [-0.1, -0.05) is 0 Å². The van der Waals surface area contributed by atoms with E-state index in [1.54, 1.807) is 12.0 Å². The summed E-state index contributed by atoms with van der Waals surface area (Å²) in [5.74, 6) is 0.792. The molecule has 1 fully saturated rings. The lowest BCUT2D eigenvalue weighted by atomic mass is 10.0. The van der Waals surface area contributed by atoms with Crippen molar-refractivity contribution in [1.82, 2.24) is 19.4 Å². The van der Waals surface area contributed by atoms with Crippen LogP contribution in [0.25, 0.3) is 11.2 Å². The molecule has 9 nitrogen and oxygen atoms in total. The summed E-state index contributed by atoms with van der Waals surface area (Å²) >= 11 is 0. The first-order valence-corrected chi connectivity index (χ1v) is 11.0. The Balaban J connectivity index is 1.73. The summed E-state index contributed by atoms with van der Waals surface area (Å²) in [5, 5.41) is 6.98. The lowest BCUT2D eigenvalue weighted by Crippen LogP contribution is -2.44. The van der Waals surface area contributed by atoms with Crippen molar-refractivity contribution in [3.63, 3.8) is 0 Å². The highest BCUT2D eigenvalue weighted by Gasteiger charge is 2.27. The number of carbonyl (C=O) groups is 1. The van der Waals surface area contributed by atoms with Crippen LogP contribution in [0.5, 0.6) is 0 Å². The van der Waals surface area contributed by atoms with Gasteiger partial charge in [0.15, 0.2) is 5.65 Å². The third-order valence-corrected chi connectivity index (χ3v) is 5.21. The van der Waals surface area contributed by atoms with Gasteiger partial charge in [-0.15, -0.1) is 0 Å². The summed E-state index contributed by atoms with van der Waals surface area (Å²) in [6.45, 7) is 12.5. The first kappa shape index (κ1) is 23.1. The van der Waals surface area contributed by atoms with Crippen LogP contribution in [-0.2, 0) is 9.47 Å². The zero-order valence-corrected chi connectivity index (χ0v) is 19.6. The molecule has 0 radical (unpaired) electrons. The van der Waals surface area contributed by atoms with E-state index in [0.29, 0.717) is 26.2 Å². The molecule has 0 atom stereocenters. The highest BCUT2D eigenvalue weighted by molar-refractivity contribution is 5.88. The molecule has 0 bridgehead atoms. The van der Waals surface area contributed by atoms with Crippen molar-refractivity contribution in [3.8, 4) is 0 Å². The zero-order chi connectivity index (χ0) is 22.6. The minimum atomic E-state index is -0.476. The fraction of sp³-hybridized carbons (Fsp3) is 0.682. The van der Waals surface area contributed by atoms with Crippen LogP contribution in [0.3, 0.4) is 0 Å². The first-order valence-electron chi connectivity index (χ1n) is 11.0. The van der Waals surface area contributed by atoms with E-state index in [1.165, 1.54) is 0 Å². The number of likely N-dealkylation sites (tertiary alicyclic amines) is 1. The fourth-order valence-electron chi connectivity index (χ4n) is 3.62. The number of carbonyl (C=O) groups excluding carboxylic acids is 1. The van der Waals surface area contributed by atoms with Crippen LogP contribution in [0.15, 0.2) is 12.4 Å². The van der Waals surface area contributed by atoms with Gasteiger partial charge in [0, 0.05) is 44.9 Å². The Bertz CT molecular complexity index is 881. The van der Waals surface area contributed by atoms with Gasteiger partial charge in [-0.3, -0.25) is 0 Å². The number of nitrogens with zero attached hydrogens (tertiary/aromatic N) is 4. The number of pyridine rings is 1. The largest absolute Gasteiger partial charge is 0.444 e. The Morgan fingerprint density at radius 3 is 2.61 bits per heavy atom. The van der Waals surface area contributed by atoms with Crippen LogP contribution < -0.4 is 10.6 Å². The van der Waals surface area contributed by atoms with Gasteiger partial charge >= 0.3 is 6.09 Å². The molecule has 1 saturated heterocycles. The van der Waals surface area contributed by atoms with Crippen molar-refractivity contribution in [1.29, 1.82) is 0 Å². The molecule has 2 aromatic rings. The molecule has 3 heterocycles. The van der Waals surface area contributed by atoms with Crippen LogP contribution in [0, 0.1) is 0 Å². The van der Waals surface area contributed by atoms with Crippen molar-refractivity contribution in [3.05, 3.63) is 12.4 Å². The minimum Gasteiger partial charge on any atom is -0.444 e. The Morgan fingerprint density at radius 1 is 1.29 bits per heavy atom. The Hall–Kier alpha value is -2.55. The van der Waals surface area contributed by atoms with Crippen LogP contribution in [-0.4, -0.2) is 70.5 Å². The number of ether oxygens (including phenoxy) is 2. The Labute approximate surface area is 184 Å². The second-order valence-corrected chi connectivity index (χ2v) is 9.28. The van der Waals surface area contributed by atoms with E-state index >= 15 is 0 Å². The molecule has 2 aromatic heterocycles. The average Bonchev–Trinajstić information content (AvgIpc) is 3.12. The Morgan fingerprint density at radius 2 is 2.00 bits per heavy atom. The molecule has 1 aliphatic rings. The van der Waals surface area contributed by atoms with Crippen molar-refractivity contribution in [2.24, 2.45) is 0 Å². The van der Waals surface area contributed by atoms with Gasteiger partial charge in [0.05, 0.1) is 18.6 Å². The Kier molecular flexibility index (Phi) is 7.25.